The van der Waals surface area contributed by atoms with Crippen molar-refractivity contribution in [3.63, 3.8) is 0 Å². The van der Waals surface area contributed by atoms with Crippen LogP contribution in [0.3, 0.4) is 0 Å². The maximum Gasteiger partial charge on any atom is 0.00449 e. The van der Waals surface area contributed by atoms with Gasteiger partial charge in [0, 0.05) is 13.1 Å². The van der Waals surface area contributed by atoms with Crippen LogP contribution < -0.4 is 5.73 Å². The first kappa shape index (κ1) is 13.9. The summed E-state index contributed by atoms with van der Waals surface area (Å²) in [4.78, 5) is 2.49. The highest BCUT2D eigenvalue weighted by Crippen LogP contribution is 2.20. The summed E-state index contributed by atoms with van der Waals surface area (Å²) in [6.45, 7) is 17.6. The minimum atomic E-state index is 0.237. The molecule has 0 spiro atoms. The summed E-state index contributed by atoms with van der Waals surface area (Å²) >= 11 is 0. The average molecular weight is 200 g/mol. The normalized spacial score (nSPS) is 13.7. The third kappa shape index (κ3) is 6.39. The Morgan fingerprint density at radius 1 is 1.00 bits per heavy atom. The van der Waals surface area contributed by atoms with Crippen LogP contribution in [0, 0.1) is 10.8 Å². The van der Waals surface area contributed by atoms with Gasteiger partial charge in [-0.15, -0.1) is 0 Å². The van der Waals surface area contributed by atoms with Crippen molar-refractivity contribution in [2.45, 2.75) is 41.5 Å². The number of hydrogen-bond acceptors (Lipinski definition) is 2. The van der Waals surface area contributed by atoms with E-state index in [4.69, 9.17) is 5.73 Å². The molecule has 2 nitrogen and oxygen atoms in total. The van der Waals surface area contributed by atoms with Gasteiger partial charge in [-0.1, -0.05) is 41.5 Å². The zero-order valence-corrected chi connectivity index (χ0v) is 10.9. The van der Waals surface area contributed by atoms with Gasteiger partial charge >= 0.3 is 0 Å². The average Bonchev–Trinajstić information content (AvgIpc) is 2.00. The van der Waals surface area contributed by atoms with E-state index in [1.165, 1.54) is 0 Å². The molecule has 0 saturated heterocycles. The van der Waals surface area contributed by atoms with Crippen molar-refractivity contribution in [3.8, 4) is 0 Å². The molecular weight excluding hydrogens is 172 g/mol. The van der Waals surface area contributed by atoms with Gasteiger partial charge in [0.15, 0.2) is 0 Å². The minimum Gasteiger partial charge on any atom is -0.330 e. The Morgan fingerprint density at radius 2 is 1.50 bits per heavy atom. The molecule has 0 aromatic rings. The van der Waals surface area contributed by atoms with Gasteiger partial charge < -0.3 is 10.6 Å². The van der Waals surface area contributed by atoms with Crippen molar-refractivity contribution >= 4 is 0 Å². The first-order chi connectivity index (χ1) is 6.20. The summed E-state index contributed by atoms with van der Waals surface area (Å²) in [6, 6.07) is 0. The molecule has 0 unspecified atom stereocenters. The van der Waals surface area contributed by atoms with Crippen molar-refractivity contribution in [1.29, 1.82) is 0 Å². The number of hydrogen-bond donors (Lipinski definition) is 1. The molecule has 0 radical (unpaired) electrons. The van der Waals surface area contributed by atoms with E-state index in [-0.39, 0.29) is 5.41 Å². The van der Waals surface area contributed by atoms with Crippen molar-refractivity contribution in [2.24, 2.45) is 16.6 Å². The second-order valence-corrected chi connectivity index (χ2v) is 6.23. The van der Waals surface area contributed by atoms with Crippen LogP contribution in [0.5, 0.6) is 0 Å². The molecule has 0 aromatic heterocycles. The highest BCUT2D eigenvalue weighted by atomic mass is 15.1. The Bertz CT molecular complexity index is 156. The zero-order chi connectivity index (χ0) is 11.4. The van der Waals surface area contributed by atoms with E-state index in [9.17, 15) is 0 Å². The zero-order valence-electron chi connectivity index (χ0n) is 10.9. The van der Waals surface area contributed by atoms with Crippen molar-refractivity contribution < 1.29 is 0 Å². The van der Waals surface area contributed by atoms with Crippen molar-refractivity contribution in [3.05, 3.63) is 0 Å². The second kappa shape index (κ2) is 5.13. The maximum atomic E-state index is 5.75. The van der Waals surface area contributed by atoms with E-state index < -0.39 is 0 Å². The SMILES string of the molecule is CCN(CC(C)(C)C)CC(C)(C)CN. The van der Waals surface area contributed by atoms with Gasteiger partial charge in [0.1, 0.15) is 0 Å². The Balaban J connectivity index is 4.17. The fraction of sp³-hybridized carbons (Fsp3) is 1.00. The molecule has 0 aliphatic heterocycles. The van der Waals surface area contributed by atoms with Crippen molar-refractivity contribution in [1.82, 2.24) is 4.90 Å². The smallest absolute Gasteiger partial charge is 0.00449 e. The lowest BCUT2D eigenvalue weighted by Gasteiger charge is -2.35. The van der Waals surface area contributed by atoms with Gasteiger partial charge in [-0.3, -0.25) is 0 Å². The molecular formula is C12H28N2. The highest BCUT2D eigenvalue weighted by molar-refractivity contribution is 4.77. The third-order valence-electron chi connectivity index (χ3n) is 2.35. The van der Waals surface area contributed by atoms with Gasteiger partial charge in [0.2, 0.25) is 0 Å². The highest BCUT2D eigenvalue weighted by Gasteiger charge is 2.22. The first-order valence-electron chi connectivity index (χ1n) is 5.62. The molecule has 0 rings (SSSR count). The lowest BCUT2D eigenvalue weighted by Crippen LogP contribution is -2.42. The maximum absolute atomic E-state index is 5.75. The molecule has 0 aromatic carbocycles. The van der Waals surface area contributed by atoms with E-state index in [1.807, 2.05) is 0 Å². The molecule has 2 heteroatoms. The van der Waals surface area contributed by atoms with E-state index in [0.29, 0.717) is 5.41 Å². The summed E-state index contributed by atoms with van der Waals surface area (Å²) in [5.74, 6) is 0. The Hall–Kier alpha value is -0.0800. The minimum absolute atomic E-state index is 0.237. The van der Waals surface area contributed by atoms with E-state index in [0.717, 1.165) is 26.2 Å². The van der Waals surface area contributed by atoms with Crippen LogP contribution in [0.25, 0.3) is 0 Å². The molecule has 0 heterocycles. The predicted octanol–water partition coefficient (Wildman–Crippen LogP) is 2.34. The van der Waals surface area contributed by atoms with Crippen LogP contribution in [0.2, 0.25) is 0 Å². The quantitative estimate of drug-likeness (QED) is 0.738. The van der Waals surface area contributed by atoms with Crippen LogP contribution in [-0.4, -0.2) is 31.1 Å². The summed E-state index contributed by atoms with van der Waals surface area (Å²) in [5.41, 5.74) is 6.36. The summed E-state index contributed by atoms with van der Waals surface area (Å²) in [7, 11) is 0. The van der Waals surface area contributed by atoms with Gasteiger partial charge in [-0.2, -0.15) is 0 Å². The molecule has 0 aliphatic carbocycles. The topological polar surface area (TPSA) is 29.3 Å². The molecule has 0 bridgehead atoms. The summed E-state index contributed by atoms with van der Waals surface area (Å²) < 4.78 is 0. The molecule has 0 aliphatic rings. The van der Waals surface area contributed by atoms with Crippen LogP contribution >= 0.6 is 0 Å². The molecule has 0 atom stereocenters. The monoisotopic (exact) mass is 200 g/mol. The molecule has 0 saturated carbocycles. The Kier molecular flexibility index (Phi) is 5.10. The fourth-order valence-corrected chi connectivity index (χ4v) is 1.62. The van der Waals surface area contributed by atoms with E-state index in [2.05, 4.69) is 46.4 Å². The lowest BCUT2D eigenvalue weighted by molar-refractivity contribution is 0.142. The third-order valence-corrected chi connectivity index (χ3v) is 2.35. The summed E-state index contributed by atoms with van der Waals surface area (Å²) in [6.07, 6.45) is 0. The molecule has 2 N–H and O–H groups in total. The van der Waals surface area contributed by atoms with E-state index >= 15 is 0 Å². The second-order valence-electron chi connectivity index (χ2n) is 6.23. The van der Waals surface area contributed by atoms with Gasteiger partial charge in [-0.25, -0.2) is 0 Å². The molecule has 0 amide bonds. The molecule has 14 heavy (non-hydrogen) atoms. The standard InChI is InChI=1S/C12H28N2/c1-7-14(9-11(2,3)4)10-12(5,6)8-13/h7-10,13H2,1-6H3. The van der Waals surface area contributed by atoms with Gasteiger partial charge in [0.25, 0.3) is 0 Å². The Labute approximate surface area is 89.9 Å². The first-order valence-corrected chi connectivity index (χ1v) is 5.62. The van der Waals surface area contributed by atoms with Crippen molar-refractivity contribution in [2.75, 3.05) is 26.2 Å². The van der Waals surface area contributed by atoms with Crippen LogP contribution in [0.1, 0.15) is 41.5 Å². The predicted molar refractivity (Wildman–Crippen MR) is 64.4 cm³/mol. The van der Waals surface area contributed by atoms with Gasteiger partial charge in [-0.05, 0) is 23.9 Å². The van der Waals surface area contributed by atoms with Crippen LogP contribution in [-0.2, 0) is 0 Å². The lowest BCUT2D eigenvalue weighted by atomic mass is 9.90. The van der Waals surface area contributed by atoms with Crippen LogP contribution in [0.4, 0.5) is 0 Å². The molecule has 0 fully saturated rings. The number of nitrogens with zero attached hydrogens (tertiary/aromatic N) is 1. The number of nitrogens with two attached hydrogens (primary N) is 1. The summed E-state index contributed by atoms with van der Waals surface area (Å²) in [5, 5.41) is 0. The van der Waals surface area contributed by atoms with E-state index in [1.54, 1.807) is 0 Å². The molecule has 86 valence electrons. The largest absolute Gasteiger partial charge is 0.330 e. The fourth-order valence-electron chi connectivity index (χ4n) is 1.62. The number of rotatable bonds is 5. The Morgan fingerprint density at radius 3 is 1.79 bits per heavy atom. The van der Waals surface area contributed by atoms with Crippen LogP contribution in [0.15, 0.2) is 0 Å². The van der Waals surface area contributed by atoms with Gasteiger partial charge in [0.05, 0.1) is 0 Å².